The number of rotatable bonds is 7. The van der Waals surface area contributed by atoms with Gasteiger partial charge < -0.3 is 20.4 Å². The Bertz CT molecular complexity index is 1630. The number of alkyl halides is 3. The van der Waals surface area contributed by atoms with Crippen LogP contribution < -0.4 is 0 Å². The van der Waals surface area contributed by atoms with Gasteiger partial charge in [0.05, 0.1) is 36.8 Å². The second-order valence-corrected chi connectivity index (χ2v) is 15.5. The molecule has 242 valence electrons. The molecule has 0 spiro atoms. The first-order chi connectivity index (χ1) is 20.5. The molecule has 1 aromatic heterocycles. The Kier molecular flexibility index (Phi) is 8.58. The monoisotopic (exact) mass is 670 g/mol. The molecule has 0 amide bonds. The van der Waals surface area contributed by atoms with Gasteiger partial charge in [-0.3, -0.25) is 0 Å². The van der Waals surface area contributed by atoms with Gasteiger partial charge in [-0.25, -0.2) is 37.2 Å². The zero-order valence-electron chi connectivity index (χ0n) is 22.8. The molecule has 0 saturated carbocycles. The average molecular weight is 671 g/mol. The first-order valence-electron chi connectivity index (χ1n) is 13.1. The minimum absolute atomic E-state index is 0.155. The van der Waals surface area contributed by atoms with Crippen molar-refractivity contribution in [3.05, 3.63) is 71.2 Å². The van der Waals surface area contributed by atoms with E-state index in [1.807, 2.05) is 0 Å². The fraction of sp³-hybridized carbons (Fsp3) is 0.462. The highest BCUT2D eigenvalue weighted by atomic mass is 32.2. The van der Waals surface area contributed by atoms with Gasteiger partial charge >= 0.3 is 6.18 Å². The van der Waals surface area contributed by atoms with Crippen molar-refractivity contribution in [3.8, 4) is 11.3 Å². The van der Waals surface area contributed by atoms with E-state index < -0.39 is 104 Å². The topological polar surface area (TPSA) is 149 Å². The summed E-state index contributed by atoms with van der Waals surface area (Å²) in [7, 11) is -5.92. The molecule has 4 N–H and O–H groups in total. The molecule has 2 aliphatic heterocycles. The normalized spacial score (nSPS) is 27.6. The number of aliphatic hydroxyl groups excluding tert-OH is 3. The Hall–Kier alpha value is -2.74. The van der Waals surface area contributed by atoms with Crippen LogP contribution in [0.5, 0.6) is 0 Å². The molecule has 3 aromatic rings. The SMILES string of the molecule is CS(=O)(=O)N1CC(O)([C@H](c2ccccc2C(F)(F)F)[SH]2C[C@H](O)[C@H](n3cc(-c4cc(F)c(F)c(F)c4)nn3)[C@@H](O)[C@H]2CO)C1. The van der Waals surface area contributed by atoms with E-state index in [2.05, 4.69) is 10.3 Å². The summed E-state index contributed by atoms with van der Waals surface area (Å²) in [6.45, 7) is -1.89. The number of hydrogen-bond acceptors (Lipinski definition) is 8. The number of thiol groups is 1. The maximum Gasteiger partial charge on any atom is 0.416 e. The molecule has 1 unspecified atom stereocenters. The van der Waals surface area contributed by atoms with Crippen molar-refractivity contribution < 1.29 is 55.2 Å². The van der Waals surface area contributed by atoms with E-state index in [9.17, 15) is 55.2 Å². The van der Waals surface area contributed by atoms with Gasteiger partial charge in [0.2, 0.25) is 10.0 Å². The molecule has 0 aliphatic carbocycles. The summed E-state index contributed by atoms with van der Waals surface area (Å²) in [5.41, 5.74) is -3.87. The van der Waals surface area contributed by atoms with Gasteiger partial charge in [0.15, 0.2) is 17.5 Å². The fourth-order valence-corrected chi connectivity index (χ4v) is 10.5. The maximum absolute atomic E-state index is 14.2. The number of β-amino-alcohol motifs (C(OH)–C–C–N with tert-alkyl or cyclic N) is 1. The molecule has 2 fully saturated rings. The second kappa shape index (κ2) is 11.6. The van der Waals surface area contributed by atoms with E-state index in [0.717, 1.165) is 39.6 Å². The summed E-state index contributed by atoms with van der Waals surface area (Å²) in [6.07, 6.45) is -6.09. The van der Waals surface area contributed by atoms with Crippen LogP contribution in [0.25, 0.3) is 11.3 Å². The highest BCUT2D eigenvalue weighted by molar-refractivity contribution is 8.18. The lowest BCUT2D eigenvalue weighted by Gasteiger charge is -2.56. The Morgan fingerprint density at radius 2 is 1.73 bits per heavy atom. The molecule has 5 rings (SSSR count). The highest BCUT2D eigenvalue weighted by Gasteiger charge is 2.58. The van der Waals surface area contributed by atoms with Gasteiger partial charge in [0.25, 0.3) is 0 Å². The van der Waals surface area contributed by atoms with Crippen molar-refractivity contribution in [1.82, 2.24) is 19.3 Å². The smallest absolute Gasteiger partial charge is 0.395 e. The number of sulfonamides is 1. The van der Waals surface area contributed by atoms with Crippen molar-refractivity contribution in [2.75, 3.05) is 31.7 Å². The molecule has 2 aromatic carbocycles. The Morgan fingerprint density at radius 1 is 1.11 bits per heavy atom. The molecule has 0 bridgehead atoms. The number of benzene rings is 2. The van der Waals surface area contributed by atoms with E-state index in [4.69, 9.17) is 0 Å². The fourth-order valence-electron chi connectivity index (χ4n) is 5.95. The summed E-state index contributed by atoms with van der Waals surface area (Å²) in [4.78, 5) is 0. The van der Waals surface area contributed by atoms with Crippen LogP contribution in [-0.2, 0) is 16.2 Å². The van der Waals surface area contributed by atoms with E-state index in [1.54, 1.807) is 0 Å². The Morgan fingerprint density at radius 3 is 2.30 bits per heavy atom. The minimum Gasteiger partial charge on any atom is -0.395 e. The molecular weight excluding hydrogens is 642 g/mol. The van der Waals surface area contributed by atoms with Crippen LogP contribution in [0.15, 0.2) is 42.6 Å². The third-order valence-electron chi connectivity index (χ3n) is 8.02. The van der Waals surface area contributed by atoms with Crippen molar-refractivity contribution >= 4 is 20.9 Å². The Balaban J connectivity index is 1.53. The lowest BCUT2D eigenvalue weighted by Crippen LogP contribution is -2.67. The van der Waals surface area contributed by atoms with Crippen molar-refractivity contribution in [2.45, 2.75) is 40.5 Å². The minimum atomic E-state index is -4.87. The first-order valence-corrected chi connectivity index (χ1v) is 16.6. The summed E-state index contributed by atoms with van der Waals surface area (Å²) >= 11 is 0. The van der Waals surface area contributed by atoms with Crippen LogP contribution in [0, 0.1) is 17.5 Å². The summed E-state index contributed by atoms with van der Waals surface area (Å²) < 4.78 is 110. The summed E-state index contributed by atoms with van der Waals surface area (Å²) in [5.74, 6) is -5.01. The predicted molar refractivity (Wildman–Crippen MR) is 147 cm³/mol. The van der Waals surface area contributed by atoms with Gasteiger partial charge in [-0.15, -0.1) is 5.10 Å². The van der Waals surface area contributed by atoms with Crippen LogP contribution >= 0.6 is 10.9 Å². The van der Waals surface area contributed by atoms with Crippen molar-refractivity contribution in [2.24, 2.45) is 0 Å². The van der Waals surface area contributed by atoms with Gasteiger partial charge in [-0.2, -0.15) is 17.5 Å². The second-order valence-electron chi connectivity index (χ2n) is 11.0. The highest BCUT2D eigenvalue weighted by Crippen LogP contribution is 2.60. The van der Waals surface area contributed by atoms with Crippen molar-refractivity contribution in [3.63, 3.8) is 0 Å². The third kappa shape index (κ3) is 5.83. The Labute approximate surface area is 249 Å². The number of aliphatic hydroxyl groups is 4. The van der Waals surface area contributed by atoms with Crippen molar-refractivity contribution in [1.29, 1.82) is 0 Å². The quantitative estimate of drug-likeness (QED) is 0.145. The molecule has 44 heavy (non-hydrogen) atoms. The lowest BCUT2D eigenvalue weighted by atomic mass is 9.86. The van der Waals surface area contributed by atoms with Crippen LogP contribution in [0.1, 0.15) is 22.4 Å². The molecule has 3 heterocycles. The van der Waals surface area contributed by atoms with E-state index in [0.29, 0.717) is 12.1 Å². The van der Waals surface area contributed by atoms with Crippen LogP contribution in [-0.4, -0.2) is 103 Å². The summed E-state index contributed by atoms with van der Waals surface area (Å²) in [5, 5.41) is 49.7. The molecular formula is C26H28F6N4O6S2. The lowest BCUT2D eigenvalue weighted by molar-refractivity contribution is -0.139. The average Bonchev–Trinajstić information content (AvgIpc) is 3.39. The van der Waals surface area contributed by atoms with Gasteiger partial charge in [-0.05, 0) is 23.8 Å². The van der Waals surface area contributed by atoms with Gasteiger partial charge in [-0.1, -0.05) is 23.4 Å². The van der Waals surface area contributed by atoms with Gasteiger partial charge in [0.1, 0.15) is 17.3 Å². The van der Waals surface area contributed by atoms with E-state index in [1.165, 1.54) is 6.07 Å². The predicted octanol–water partition coefficient (Wildman–Crippen LogP) is 1.77. The zero-order chi connectivity index (χ0) is 32.4. The zero-order valence-corrected chi connectivity index (χ0v) is 24.5. The first kappa shape index (κ1) is 32.6. The van der Waals surface area contributed by atoms with E-state index in [-0.39, 0.29) is 22.6 Å². The maximum atomic E-state index is 14.2. The molecule has 6 atom stereocenters. The molecule has 2 saturated heterocycles. The number of halogens is 6. The van der Waals surface area contributed by atoms with E-state index >= 15 is 0 Å². The largest absolute Gasteiger partial charge is 0.416 e. The van der Waals surface area contributed by atoms with Crippen LogP contribution in [0.3, 0.4) is 0 Å². The number of hydrogen-bond donors (Lipinski definition) is 5. The number of nitrogens with zero attached hydrogens (tertiary/aromatic N) is 4. The van der Waals surface area contributed by atoms with Gasteiger partial charge in [0, 0.05) is 34.9 Å². The molecule has 10 nitrogen and oxygen atoms in total. The van der Waals surface area contributed by atoms with Crippen LogP contribution in [0.2, 0.25) is 0 Å². The molecule has 2 aliphatic rings. The standard InChI is InChI=1S/C26H28F6N4O6S2/c1-44(41,42)35-11-25(40,12-35)24(14-4-2-3-5-15(14)26(30,31)32)43-10-19(38)22(23(39)20(43)9-37)36-8-18(33-34-36)13-6-16(27)21(29)17(28)7-13/h2-8,19-20,22-24,37-40,43H,9-12H2,1H3/t19-,20+,22-,23-,24-/m0/s1. The van der Waals surface area contributed by atoms with Crippen LogP contribution in [0.4, 0.5) is 26.3 Å². The molecule has 0 radical (unpaired) electrons. The third-order valence-corrected chi connectivity index (χ3v) is 12.8. The molecule has 18 heteroatoms. The number of aromatic nitrogens is 3. The summed E-state index contributed by atoms with van der Waals surface area (Å²) in [6, 6.07) is 4.39.